The van der Waals surface area contributed by atoms with Crippen molar-refractivity contribution in [3.05, 3.63) is 33.8 Å². The third-order valence-electron chi connectivity index (χ3n) is 3.18. The maximum absolute atomic E-state index is 5.98. The molecule has 0 aromatic heterocycles. The van der Waals surface area contributed by atoms with Crippen LogP contribution in [0.4, 0.5) is 0 Å². The molecule has 16 heavy (non-hydrogen) atoms. The lowest BCUT2D eigenvalue weighted by Crippen LogP contribution is -2.42. The van der Waals surface area contributed by atoms with Gasteiger partial charge in [0.1, 0.15) is 0 Å². The monoisotopic (exact) mass is 282 g/mol. The molecule has 1 unspecified atom stereocenters. The van der Waals surface area contributed by atoms with Crippen LogP contribution in [0.25, 0.3) is 0 Å². The van der Waals surface area contributed by atoms with Crippen LogP contribution in [0.1, 0.15) is 24.0 Å². The second-order valence-corrected chi connectivity index (χ2v) is 5.58. The molecule has 1 saturated heterocycles. The lowest BCUT2D eigenvalue weighted by atomic mass is 10.1. The second kappa shape index (κ2) is 5.30. The van der Waals surface area contributed by atoms with Crippen LogP contribution in [0.15, 0.2) is 22.7 Å². The van der Waals surface area contributed by atoms with Gasteiger partial charge in [-0.05, 0) is 43.5 Å². The molecule has 0 radical (unpaired) electrons. The number of aryl methyl sites for hydroxylation is 1. The molecule has 2 rings (SSSR count). The summed E-state index contributed by atoms with van der Waals surface area (Å²) >= 11 is 3.58. The number of piperidine rings is 1. The largest absolute Gasteiger partial charge is 0.327 e. The van der Waals surface area contributed by atoms with E-state index in [2.05, 4.69) is 46.0 Å². The molecule has 0 spiro atoms. The molecule has 0 amide bonds. The van der Waals surface area contributed by atoms with E-state index in [1.807, 2.05) is 0 Å². The van der Waals surface area contributed by atoms with Crippen molar-refractivity contribution in [3.63, 3.8) is 0 Å². The molecule has 2 N–H and O–H groups in total. The number of halogens is 1. The van der Waals surface area contributed by atoms with Gasteiger partial charge in [0.2, 0.25) is 0 Å². The molecule has 1 heterocycles. The highest BCUT2D eigenvalue weighted by Crippen LogP contribution is 2.19. The number of rotatable bonds is 2. The van der Waals surface area contributed by atoms with E-state index in [1.165, 1.54) is 35.0 Å². The number of nitrogens with two attached hydrogens (primary N) is 1. The number of benzene rings is 1. The molecule has 1 aliphatic rings. The highest BCUT2D eigenvalue weighted by atomic mass is 79.9. The summed E-state index contributed by atoms with van der Waals surface area (Å²) in [6.07, 6.45) is 2.41. The Morgan fingerprint density at radius 3 is 3.00 bits per heavy atom. The van der Waals surface area contributed by atoms with Crippen molar-refractivity contribution in [2.24, 2.45) is 5.73 Å². The quantitative estimate of drug-likeness (QED) is 0.904. The maximum atomic E-state index is 5.98. The minimum atomic E-state index is 0.364. The van der Waals surface area contributed by atoms with Crippen LogP contribution in [-0.4, -0.2) is 24.0 Å². The zero-order valence-electron chi connectivity index (χ0n) is 9.75. The van der Waals surface area contributed by atoms with Crippen molar-refractivity contribution in [1.29, 1.82) is 0 Å². The highest BCUT2D eigenvalue weighted by Gasteiger charge is 2.16. The van der Waals surface area contributed by atoms with Crippen molar-refractivity contribution in [2.75, 3.05) is 13.1 Å². The molecule has 1 fully saturated rings. The van der Waals surface area contributed by atoms with Gasteiger partial charge in [-0.1, -0.05) is 28.1 Å². The van der Waals surface area contributed by atoms with E-state index in [9.17, 15) is 0 Å². The van der Waals surface area contributed by atoms with Crippen molar-refractivity contribution in [2.45, 2.75) is 32.4 Å². The van der Waals surface area contributed by atoms with Crippen LogP contribution in [0.3, 0.4) is 0 Å². The molecule has 1 aromatic carbocycles. The van der Waals surface area contributed by atoms with E-state index < -0.39 is 0 Å². The molecule has 0 bridgehead atoms. The average molecular weight is 283 g/mol. The van der Waals surface area contributed by atoms with Gasteiger partial charge in [0.15, 0.2) is 0 Å². The summed E-state index contributed by atoms with van der Waals surface area (Å²) < 4.78 is 1.20. The van der Waals surface area contributed by atoms with Gasteiger partial charge in [-0.2, -0.15) is 0 Å². The minimum absolute atomic E-state index is 0.364. The van der Waals surface area contributed by atoms with E-state index in [0.29, 0.717) is 6.04 Å². The van der Waals surface area contributed by atoms with Gasteiger partial charge in [-0.15, -0.1) is 0 Å². The van der Waals surface area contributed by atoms with E-state index in [-0.39, 0.29) is 0 Å². The van der Waals surface area contributed by atoms with Crippen molar-refractivity contribution >= 4 is 15.9 Å². The van der Waals surface area contributed by atoms with Crippen molar-refractivity contribution in [1.82, 2.24) is 4.90 Å². The Bertz CT molecular complexity index is 365. The Hall–Kier alpha value is -0.380. The Morgan fingerprint density at radius 1 is 1.50 bits per heavy atom. The highest BCUT2D eigenvalue weighted by molar-refractivity contribution is 9.10. The minimum Gasteiger partial charge on any atom is -0.327 e. The number of likely N-dealkylation sites (tertiary alicyclic amines) is 1. The third kappa shape index (κ3) is 3.06. The normalized spacial score (nSPS) is 22.3. The first-order valence-electron chi connectivity index (χ1n) is 5.88. The van der Waals surface area contributed by atoms with Gasteiger partial charge in [-0.3, -0.25) is 4.90 Å². The lowest BCUT2D eigenvalue weighted by molar-refractivity contribution is 0.201. The Morgan fingerprint density at radius 2 is 2.31 bits per heavy atom. The van der Waals surface area contributed by atoms with Gasteiger partial charge in [0.25, 0.3) is 0 Å². The molecule has 2 nitrogen and oxygen atoms in total. The standard InChI is InChI=1S/C13H19BrN2/c1-10-4-5-11(7-13(10)14)8-16-6-2-3-12(15)9-16/h4-5,7,12H,2-3,6,8-9,15H2,1H3. The van der Waals surface area contributed by atoms with E-state index >= 15 is 0 Å². The fourth-order valence-electron chi connectivity index (χ4n) is 2.23. The summed E-state index contributed by atoms with van der Waals surface area (Å²) in [5, 5.41) is 0. The Balaban J connectivity index is 2.00. The molecular weight excluding hydrogens is 264 g/mol. The first-order valence-corrected chi connectivity index (χ1v) is 6.67. The third-order valence-corrected chi connectivity index (χ3v) is 4.04. The van der Waals surface area contributed by atoms with Crippen molar-refractivity contribution in [3.8, 4) is 0 Å². The smallest absolute Gasteiger partial charge is 0.0234 e. The molecule has 88 valence electrons. The molecule has 1 atom stereocenters. The van der Waals surface area contributed by atoms with Gasteiger partial charge in [0, 0.05) is 23.6 Å². The summed E-state index contributed by atoms with van der Waals surface area (Å²) in [5.74, 6) is 0. The molecular formula is C13H19BrN2. The molecule has 3 heteroatoms. The van der Waals surface area contributed by atoms with Gasteiger partial charge in [0.05, 0.1) is 0 Å². The van der Waals surface area contributed by atoms with Crippen LogP contribution in [0.2, 0.25) is 0 Å². The summed E-state index contributed by atoms with van der Waals surface area (Å²) in [6, 6.07) is 6.96. The summed E-state index contributed by atoms with van der Waals surface area (Å²) in [7, 11) is 0. The molecule has 1 aliphatic heterocycles. The van der Waals surface area contributed by atoms with Gasteiger partial charge >= 0.3 is 0 Å². The molecule has 1 aromatic rings. The SMILES string of the molecule is Cc1ccc(CN2CCCC(N)C2)cc1Br. The fraction of sp³-hybridized carbons (Fsp3) is 0.538. The first-order chi connectivity index (χ1) is 7.65. The Kier molecular flexibility index (Phi) is 4.00. The first kappa shape index (κ1) is 12.1. The predicted molar refractivity (Wildman–Crippen MR) is 71.4 cm³/mol. The summed E-state index contributed by atoms with van der Waals surface area (Å²) in [6.45, 7) is 5.35. The zero-order valence-corrected chi connectivity index (χ0v) is 11.3. The lowest BCUT2D eigenvalue weighted by Gasteiger charge is -2.30. The number of hydrogen-bond donors (Lipinski definition) is 1. The van der Waals surface area contributed by atoms with E-state index in [1.54, 1.807) is 0 Å². The van der Waals surface area contributed by atoms with E-state index in [4.69, 9.17) is 5.73 Å². The molecule has 0 aliphatic carbocycles. The topological polar surface area (TPSA) is 29.3 Å². The molecule has 0 saturated carbocycles. The van der Waals surface area contributed by atoms with Crippen LogP contribution in [0, 0.1) is 6.92 Å². The number of nitrogens with zero attached hydrogens (tertiary/aromatic N) is 1. The van der Waals surface area contributed by atoms with Gasteiger partial charge in [-0.25, -0.2) is 0 Å². The zero-order chi connectivity index (χ0) is 11.5. The second-order valence-electron chi connectivity index (χ2n) is 4.72. The van der Waals surface area contributed by atoms with Crippen LogP contribution < -0.4 is 5.73 Å². The number of hydrogen-bond acceptors (Lipinski definition) is 2. The summed E-state index contributed by atoms with van der Waals surface area (Å²) in [4.78, 5) is 2.45. The average Bonchev–Trinajstić information content (AvgIpc) is 2.24. The fourth-order valence-corrected chi connectivity index (χ4v) is 2.65. The van der Waals surface area contributed by atoms with Crippen LogP contribution in [-0.2, 0) is 6.54 Å². The van der Waals surface area contributed by atoms with Gasteiger partial charge < -0.3 is 5.73 Å². The Labute approximate surface area is 106 Å². The maximum Gasteiger partial charge on any atom is 0.0234 e. The van der Waals surface area contributed by atoms with Crippen LogP contribution >= 0.6 is 15.9 Å². The predicted octanol–water partition coefficient (Wildman–Crippen LogP) is 2.68. The summed E-state index contributed by atoms with van der Waals surface area (Å²) in [5.41, 5.74) is 8.64. The van der Waals surface area contributed by atoms with Crippen LogP contribution in [0.5, 0.6) is 0 Å². The van der Waals surface area contributed by atoms with Crippen molar-refractivity contribution < 1.29 is 0 Å². The van der Waals surface area contributed by atoms with E-state index in [0.717, 1.165) is 13.1 Å².